The number of halogens is 2. The van der Waals surface area contributed by atoms with Gasteiger partial charge in [0.25, 0.3) is 0 Å². The van der Waals surface area contributed by atoms with Crippen molar-refractivity contribution >= 4 is 21.4 Å². The van der Waals surface area contributed by atoms with Crippen molar-refractivity contribution < 1.29 is 12.8 Å². The average molecular weight is 382 g/mol. The van der Waals surface area contributed by atoms with E-state index in [2.05, 4.69) is 4.90 Å². The number of hydrogen-bond acceptors (Lipinski definition) is 3. The molecule has 3 rings (SSSR count). The first-order chi connectivity index (χ1) is 11.9. The highest BCUT2D eigenvalue weighted by molar-refractivity contribution is 7.92. The number of piperidine rings is 1. The molecule has 0 bridgehead atoms. The number of likely N-dealkylation sites (tertiary alicyclic amines) is 1. The Hall–Kier alpha value is -1.43. The van der Waals surface area contributed by atoms with Crippen LogP contribution in [0.5, 0.6) is 0 Å². The van der Waals surface area contributed by atoms with E-state index in [4.69, 9.17) is 11.6 Å². The summed E-state index contributed by atoms with van der Waals surface area (Å²) in [5.74, 6) is -0.225. The third-order valence-corrected chi connectivity index (χ3v) is 7.28. The van der Waals surface area contributed by atoms with Crippen LogP contribution in [-0.4, -0.2) is 38.2 Å². The highest BCUT2D eigenvalue weighted by Gasteiger charge is 2.31. The van der Waals surface area contributed by atoms with E-state index in [-0.39, 0.29) is 11.1 Å². The van der Waals surface area contributed by atoms with Crippen molar-refractivity contribution in [3.8, 4) is 0 Å². The third kappa shape index (κ3) is 4.60. The highest BCUT2D eigenvalue weighted by Crippen LogP contribution is 2.25. The molecular weight excluding hydrogens is 361 g/mol. The van der Waals surface area contributed by atoms with Crippen LogP contribution in [0.3, 0.4) is 0 Å². The van der Waals surface area contributed by atoms with Gasteiger partial charge in [0.15, 0.2) is 9.84 Å². The van der Waals surface area contributed by atoms with Crippen LogP contribution in [0.2, 0.25) is 5.02 Å². The zero-order chi connectivity index (χ0) is 17.9. The van der Waals surface area contributed by atoms with E-state index >= 15 is 0 Å². The van der Waals surface area contributed by atoms with Crippen LogP contribution in [0.1, 0.15) is 18.4 Å². The van der Waals surface area contributed by atoms with Gasteiger partial charge in [0.05, 0.1) is 10.1 Å². The molecule has 0 atom stereocenters. The molecule has 0 spiro atoms. The molecule has 1 fully saturated rings. The molecule has 0 aromatic heterocycles. The first-order valence-corrected chi connectivity index (χ1v) is 10.3. The second-order valence-corrected chi connectivity index (χ2v) is 9.08. The van der Waals surface area contributed by atoms with Crippen LogP contribution in [0, 0.1) is 5.82 Å². The highest BCUT2D eigenvalue weighted by atomic mass is 35.5. The maximum atomic E-state index is 12.9. The van der Waals surface area contributed by atoms with Gasteiger partial charge in [0, 0.05) is 11.6 Å². The molecule has 134 valence electrons. The van der Waals surface area contributed by atoms with E-state index in [1.807, 2.05) is 0 Å². The third-order valence-electron chi connectivity index (χ3n) is 4.75. The molecule has 0 radical (unpaired) electrons. The van der Waals surface area contributed by atoms with Gasteiger partial charge in [-0.25, -0.2) is 12.8 Å². The Kier molecular flexibility index (Phi) is 5.77. The van der Waals surface area contributed by atoms with E-state index in [0.29, 0.717) is 22.8 Å². The minimum Gasteiger partial charge on any atom is -0.303 e. The van der Waals surface area contributed by atoms with Crippen molar-refractivity contribution in [1.29, 1.82) is 0 Å². The first-order valence-electron chi connectivity index (χ1n) is 8.41. The molecule has 0 amide bonds. The molecule has 1 heterocycles. The van der Waals surface area contributed by atoms with Crippen molar-refractivity contribution in [3.63, 3.8) is 0 Å². The maximum Gasteiger partial charge on any atom is 0.181 e. The van der Waals surface area contributed by atoms with Crippen molar-refractivity contribution in [1.82, 2.24) is 4.90 Å². The molecule has 0 aliphatic carbocycles. The fourth-order valence-electron chi connectivity index (χ4n) is 3.20. The lowest BCUT2D eigenvalue weighted by Gasteiger charge is -2.31. The second-order valence-electron chi connectivity index (χ2n) is 6.42. The maximum absolute atomic E-state index is 12.9. The molecule has 0 unspecified atom stereocenters. The fraction of sp³-hybridized carbons (Fsp3) is 0.368. The number of rotatable bonds is 5. The van der Waals surface area contributed by atoms with Crippen LogP contribution in [0.25, 0.3) is 0 Å². The zero-order valence-electron chi connectivity index (χ0n) is 13.9. The summed E-state index contributed by atoms with van der Waals surface area (Å²) in [6.45, 7) is 2.39. The minimum atomic E-state index is -3.30. The predicted molar refractivity (Wildman–Crippen MR) is 98.2 cm³/mol. The largest absolute Gasteiger partial charge is 0.303 e. The standard InChI is InChI=1S/C19H21ClFNO2S/c20-16-3-7-18(8-4-16)25(23,24)19-10-13-22(14-11-19)12-9-15-1-5-17(21)6-2-15/h1-8,19H,9-14H2. The van der Waals surface area contributed by atoms with Gasteiger partial charge in [-0.1, -0.05) is 23.7 Å². The molecular formula is C19H21ClFNO2S. The Morgan fingerprint density at radius 2 is 1.60 bits per heavy atom. The number of sulfone groups is 1. The summed E-state index contributed by atoms with van der Waals surface area (Å²) in [4.78, 5) is 2.62. The van der Waals surface area contributed by atoms with Crippen LogP contribution < -0.4 is 0 Å². The minimum absolute atomic E-state index is 0.225. The SMILES string of the molecule is O=S(=O)(c1ccc(Cl)cc1)C1CCN(CCc2ccc(F)cc2)CC1. The summed E-state index contributed by atoms with van der Waals surface area (Å²) < 4.78 is 38.4. The zero-order valence-corrected chi connectivity index (χ0v) is 15.4. The molecule has 1 aliphatic heterocycles. The van der Waals surface area contributed by atoms with E-state index in [1.54, 1.807) is 36.4 Å². The molecule has 0 saturated carbocycles. The molecule has 1 aliphatic rings. The average Bonchev–Trinajstić information content (AvgIpc) is 2.62. The Balaban J connectivity index is 1.54. The van der Waals surface area contributed by atoms with Crippen LogP contribution in [0.4, 0.5) is 4.39 Å². The normalized spacial score (nSPS) is 16.9. The van der Waals surface area contributed by atoms with Gasteiger partial charge in [-0.3, -0.25) is 0 Å². The van der Waals surface area contributed by atoms with Gasteiger partial charge in [-0.15, -0.1) is 0 Å². The molecule has 1 saturated heterocycles. The molecule has 0 N–H and O–H groups in total. The van der Waals surface area contributed by atoms with Gasteiger partial charge in [-0.05, 0) is 74.3 Å². The summed E-state index contributed by atoms with van der Waals surface area (Å²) in [6, 6.07) is 12.9. The molecule has 2 aromatic carbocycles. The predicted octanol–water partition coefficient (Wildman–Crippen LogP) is 3.96. The second kappa shape index (κ2) is 7.85. The lowest BCUT2D eigenvalue weighted by atomic mass is 10.1. The van der Waals surface area contributed by atoms with Gasteiger partial charge in [-0.2, -0.15) is 0 Å². The van der Waals surface area contributed by atoms with E-state index in [9.17, 15) is 12.8 Å². The number of benzene rings is 2. The summed E-state index contributed by atoms with van der Waals surface area (Å²) in [7, 11) is -3.30. The van der Waals surface area contributed by atoms with Crippen LogP contribution in [0.15, 0.2) is 53.4 Å². The van der Waals surface area contributed by atoms with E-state index in [0.717, 1.165) is 31.6 Å². The summed E-state index contributed by atoms with van der Waals surface area (Å²) in [5, 5.41) is 0.199. The summed E-state index contributed by atoms with van der Waals surface area (Å²) in [5.41, 5.74) is 1.09. The Morgan fingerprint density at radius 3 is 2.20 bits per heavy atom. The van der Waals surface area contributed by atoms with Crippen molar-refractivity contribution in [2.24, 2.45) is 0 Å². The molecule has 2 aromatic rings. The summed E-state index contributed by atoms with van der Waals surface area (Å²) in [6.07, 6.45) is 2.11. The number of hydrogen-bond donors (Lipinski definition) is 0. The van der Waals surface area contributed by atoms with E-state index in [1.165, 1.54) is 12.1 Å². The summed E-state index contributed by atoms with van der Waals surface area (Å²) >= 11 is 5.84. The lowest BCUT2D eigenvalue weighted by molar-refractivity contribution is 0.232. The Morgan fingerprint density at radius 1 is 1.00 bits per heavy atom. The van der Waals surface area contributed by atoms with Crippen LogP contribution in [-0.2, 0) is 16.3 Å². The van der Waals surface area contributed by atoms with Crippen molar-refractivity contribution in [2.75, 3.05) is 19.6 Å². The topological polar surface area (TPSA) is 37.4 Å². The van der Waals surface area contributed by atoms with Gasteiger partial charge < -0.3 is 4.90 Å². The van der Waals surface area contributed by atoms with Gasteiger partial charge >= 0.3 is 0 Å². The van der Waals surface area contributed by atoms with Crippen LogP contribution >= 0.6 is 11.6 Å². The van der Waals surface area contributed by atoms with E-state index < -0.39 is 9.84 Å². The quantitative estimate of drug-likeness (QED) is 0.786. The van der Waals surface area contributed by atoms with Crippen molar-refractivity contribution in [3.05, 3.63) is 64.9 Å². The number of nitrogens with zero attached hydrogens (tertiary/aromatic N) is 1. The Labute approximate surface area is 153 Å². The van der Waals surface area contributed by atoms with Crippen molar-refractivity contribution in [2.45, 2.75) is 29.4 Å². The lowest BCUT2D eigenvalue weighted by Crippen LogP contribution is -2.40. The molecule has 25 heavy (non-hydrogen) atoms. The first kappa shape index (κ1) is 18.4. The molecule has 6 heteroatoms. The Bertz CT molecular complexity index is 798. The smallest absolute Gasteiger partial charge is 0.181 e. The molecule has 3 nitrogen and oxygen atoms in total. The fourth-order valence-corrected chi connectivity index (χ4v) is 5.06. The monoisotopic (exact) mass is 381 g/mol. The van der Waals surface area contributed by atoms with Gasteiger partial charge in [0.2, 0.25) is 0 Å². The van der Waals surface area contributed by atoms with Gasteiger partial charge in [0.1, 0.15) is 5.82 Å².